The monoisotopic (exact) mass is 212 g/mol. The van der Waals surface area contributed by atoms with E-state index in [-0.39, 0.29) is 6.61 Å². The fourth-order valence-corrected chi connectivity index (χ4v) is 1.28. The molecular formula is C9H10NO3S+. The Labute approximate surface area is 85.5 Å². The zero-order valence-electron chi connectivity index (χ0n) is 7.43. The highest BCUT2D eigenvalue weighted by Gasteiger charge is 2.02. The molecule has 0 heterocycles. The van der Waals surface area contributed by atoms with E-state index in [0.717, 1.165) is 11.1 Å². The molecule has 0 aliphatic rings. The summed E-state index contributed by atoms with van der Waals surface area (Å²) in [6.45, 7) is 0.167. The van der Waals surface area contributed by atoms with Gasteiger partial charge in [-0.1, -0.05) is 24.3 Å². The van der Waals surface area contributed by atoms with Gasteiger partial charge in [0.1, 0.15) is 6.61 Å². The van der Waals surface area contributed by atoms with Crippen LogP contribution >= 0.6 is 0 Å². The molecule has 5 heteroatoms. The van der Waals surface area contributed by atoms with Crippen LogP contribution in [0.4, 0.5) is 4.79 Å². The third-order valence-corrected chi connectivity index (χ3v) is 2.08. The zero-order chi connectivity index (χ0) is 10.4. The van der Waals surface area contributed by atoms with E-state index in [4.69, 9.17) is 5.73 Å². The minimum Gasteiger partial charge on any atom is -0.445 e. The summed E-state index contributed by atoms with van der Waals surface area (Å²) >= 11 is 0.523. The molecule has 0 fully saturated rings. The van der Waals surface area contributed by atoms with Gasteiger partial charge in [0.2, 0.25) is 0 Å². The van der Waals surface area contributed by atoms with Crippen molar-refractivity contribution in [3.05, 3.63) is 35.4 Å². The van der Waals surface area contributed by atoms with Crippen molar-refractivity contribution < 1.29 is 13.7 Å². The maximum atomic E-state index is 10.3. The highest BCUT2D eigenvalue weighted by Crippen LogP contribution is 2.06. The van der Waals surface area contributed by atoms with Gasteiger partial charge in [-0.05, 0) is 5.56 Å². The second-order valence-corrected chi connectivity index (χ2v) is 3.21. The first-order valence-corrected chi connectivity index (χ1v) is 4.88. The van der Waals surface area contributed by atoms with Crippen molar-refractivity contribution in [3.8, 4) is 0 Å². The summed E-state index contributed by atoms with van der Waals surface area (Å²) in [6, 6.07) is 7.25. The summed E-state index contributed by atoms with van der Waals surface area (Å²) in [5.41, 5.74) is 6.61. The molecule has 0 saturated carbocycles. The molecule has 1 aromatic carbocycles. The van der Waals surface area contributed by atoms with Gasteiger partial charge in [-0.15, -0.1) is 0 Å². The number of hydrogen-bond donors (Lipinski definition) is 1. The number of primary amides is 1. The third-order valence-electron chi connectivity index (χ3n) is 1.63. The van der Waals surface area contributed by atoms with E-state index in [1.54, 1.807) is 12.1 Å². The summed E-state index contributed by atoms with van der Waals surface area (Å²) in [5, 5.41) is 0. The summed E-state index contributed by atoms with van der Waals surface area (Å²) in [5.74, 6) is 0.441. The average molecular weight is 212 g/mol. The van der Waals surface area contributed by atoms with Gasteiger partial charge in [0.15, 0.2) is 0 Å². The molecule has 0 aliphatic heterocycles. The summed E-state index contributed by atoms with van der Waals surface area (Å²) in [6.07, 6.45) is -0.788. The number of amides is 1. The molecule has 0 radical (unpaired) electrons. The summed E-state index contributed by atoms with van der Waals surface area (Å²) < 4.78 is 14.8. The van der Waals surface area contributed by atoms with Crippen molar-refractivity contribution in [2.75, 3.05) is 0 Å². The normalized spacial score (nSPS) is 9.43. The minimum absolute atomic E-state index is 0.167. The van der Waals surface area contributed by atoms with E-state index >= 15 is 0 Å². The van der Waals surface area contributed by atoms with Crippen LogP contribution in [0.25, 0.3) is 0 Å². The molecule has 1 amide bonds. The van der Waals surface area contributed by atoms with E-state index in [1.807, 2.05) is 12.1 Å². The molecule has 1 aromatic rings. The van der Waals surface area contributed by atoms with E-state index < -0.39 is 6.09 Å². The molecule has 0 bridgehead atoms. The second kappa shape index (κ2) is 5.29. The summed E-state index contributed by atoms with van der Waals surface area (Å²) in [7, 11) is 0. The first-order valence-electron chi connectivity index (χ1n) is 3.97. The van der Waals surface area contributed by atoms with Crippen LogP contribution in [-0.2, 0) is 33.0 Å². The van der Waals surface area contributed by atoms with Crippen LogP contribution in [0.1, 0.15) is 11.1 Å². The van der Waals surface area contributed by atoms with Crippen molar-refractivity contribution in [1.82, 2.24) is 0 Å². The number of ether oxygens (including phenoxy) is 1. The highest BCUT2D eigenvalue weighted by molar-refractivity contribution is 7.64. The quantitative estimate of drug-likeness (QED) is 0.762. The molecule has 1 rings (SSSR count). The Hall–Kier alpha value is -1.49. The van der Waals surface area contributed by atoms with Crippen molar-refractivity contribution in [2.24, 2.45) is 5.73 Å². The van der Waals surface area contributed by atoms with Crippen LogP contribution in [0.15, 0.2) is 24.3 Å². The Balaban J connectivity index is 2.54. The fourth-order valence-electron chi connectivity index (χ4n) is 0.954. The first-order chi connectivity index (χ1) is 6.72. The molecule has 0 atom stereocenters. The lowest BCUT2D eigenvalue weighted by Gasteiger charge is -2.00. The molecule has 0 aromatic heterocycles. The van der Waals surface area contributed by atoms with Gasteiger partial charge in [-0.25, -0.2) is 4.79 Å². The van der Waals surface area contributed by atoms with E-state index in [1.165, 1.54) is 0 Å². The molecule has 0 saturated heterocycles. The number of nitrogens with two attached hydrogens (primary N) is 1. The predicted molar refractivity (Wildman–Crippen MR) is 52.6 cm³/mol. The molecule has 74 valence electrons. The predicted octanol–water partition coefficient (Wildman–Crippen LogP) is 1.21. The number of carbonyl (C=O) groups excluding carboxylic acids is 1. The molecule has 2 N–H and O–H groups in total. The van der Waals surface area contributed by atoms with Gasteiger partial charge in [0, 0.05) is 9.77 Å². The average Bonchev–Trinajstić information content (AvgIpc) is 2.17. The number of hydrogen-bond acceptors (Lipinski definition) is 3. The number of rotatable bonds is 4. The molecule has 0 unspecified atom stereocenters. The lowest BCUT2D eigenvalue weighted by molar-refractivity contribution is 0.150. The molecule has 4 nitrogen and oxygen atoms in total. The fraction of sp³-hybridized carbons (Fsp3) is 0.222. The largest absolute Gasteiger partial charge is 0.463 e. The Morgan fingerprint density at radius 2 is 1.86 bits per heavy atom. The highest BCUT2D eigenvalue weighted by atomic mass is 32.1. The second-order valence-electron chi connectivity index (χ2n) is 2.69. The van der Waals surface area contributed by atoms with Gasteiger partial charge in [-0.2, -0.15) is 0 Å². The van der Waals surface area contributed by atoms with Gasteiger partial charge in [0.05, 0.1) is 0 Å². The Kier molecular flexibility index (Phi) is 4.00. The van der Waals surface area contributed by atoms with Crippen molar-refractivity contribution >= 4 is 17.8 Å². The molecule has 0 spiro atoms. The molecule has 14 heavy (non-hydrogen) atoms. The van der Waals surface area contributed by atoms with Crippen molar-refractivity contribution in [2.45, 2.75) is 12.4 Å². The minimum atomic E-state index is -0.788. The Bertz CT molecular complexity index is 323. The van der Waals surface area contributed by atoms with E-state index in [9.17, 15) is 9.00 Å². The number of benzene rings is 1. The molecular weight excluding hydrogens is 202 g/mol. The van der Waals surface area contributed by atoms with Crippen LogP contribution in [0.2, 0.25) is 0 Å². The van der Waals surface area contributed by atoms with Gasteiger partial charge in [-0.3, -0.25) is 0 Å². The number of carbonyl (C=O) groups is 1. The Morgan fingerprint density at radius 1 is 1.29 bits per heavy atom. The maximum Gasteiger partial charge on any atom is 0.463 e. The van der Waals surface area contributed by atoms with Crippen LogP contribution in [0.3, 0.4) is 0 Å². The van der Waals surface area contributed by atoms with Crippen LogP contribution in [0.5, 0.6) is 0 Å². The Morgan fingerprint density at radius 3 is 2.36 bits per heavy atom. The van der Waals surface area contributed by atoms with Crippen LogP contribution in [0, 0.1) is 0 Å². The third kappa shape index (κ3) is 3.49. The maximum absolute atomic E-state index is 10.3. The van der Waals surface area contributed by atoms with Crippen LogP contribution in [-0.4, -0.2) is 6.09 Å². The van der Waals surface area contributed by atoms with E-state index in [0.29, 0.717) is 17.4 Å². The SMILES string of the molecule is NC(=O)OCc1ccc(C[S+]=O)cc1. The summed E-state index contributed by atoms with van der Waals surface area (Å²) in [4.78, 5) is 10.3. The van der Waals surface area contributed by atoms with Crippen LogP contribution < -0.4 is 5.73 Å². The van der Waals surface area contributed by atoms with Gasteiger partial charge < -0.3 is 10.5 Å². The lowest BCUT2D eigenvalue weighted by atomic mass is 10.2. The van der Waals surface area contributed by atoms with Gasteiger partial charge >= 0.3 is 17.8 Å². The zero-order valence-corrected chi connectivity index (χ0v) is 8.25. The standard InChI is InChI=1S/C9H9NO3S/c10-9(11)13-5-7-1-3-8(4-2-7)6-14-12/h1-4H,5-6H2,(H-,10,11)/p+1. The van der Waals surface area contributed by atoms with Crippen molar-refractivity contribution in [3.63, 3.8) is 0 Å². The topological polar surface area (TPSA) is 69.4 Å². The van der Waals surface area contributed by atoms with E-state index in [2.05, 4.69) is 4.74 Å². The smallest absolute Gasteiger partial charge is 0.445 e. The lowest BCUT2D eigenvalue weighted by Crippen LogP contribution is -2.12. The molecule has 0 aliphatic carbocycles. The van der Waals surface area contributed by atoms with Crippen molar-refractivity contribution in [1.29, 1.82) is 0 Å². The first kappa shape index (κ1) is 10.6. The van der Waals surface area contributed by atoms with Gasteiger partial charge in [0.25, 0.3) is 5.75 Å².